The first kappa shape index (κ1) is 29.5. The normalized spacial score (nSPS) is 13.6. The predicted octanol–water partition coefficient (Wildman–Crippen LogP) is 3.42. The third kappa shape index (κ3) is 6.98. The van der Waals surface area contributed by atoms with Gasteiger partial charge in [0.05, 0.1) is 43.3 Å². The highest BCUT2D eigenvalue weighted by atomic mass is 16.5. The second-order valence-electron chi connectivity index (χ2n) is 10.1. The van der Waals surface area contributed by atoms with Gasteiger partial charge in [0.15, 0.2) is 5.78 Å². The zero-order valence-electron chi connectivity index (χ0n) is 23.4. The number of pyridine rings is 1. The molecule has 0 spiro atoms. The van der Waals surface area contributed by atoms with Crippen molar-refractivity contribution in [2.45, 2.75) is 45.3 Å². The molecule has 9 heteroatoms. The van der Waals surface area contributed by atoms with E-state index >= 15 is 0 Å². The standard InChI is InChI=1S/C18H24N2O3.C13H17N3O/c1-12-5-6-16-15(9-12)14-3-2-4-17(23)18(14)20(16)11-13(22)10-19-7-8-21;1-17-11-8-10-4-2-6-16-13(10)12(9-11)15-7-3-5-14/h5-6,9,13,19,21-22H,2-4,7-8,10-11H2,1H3;2,4,6,8-9,15H,3,5,7,14H2,1H3. The van der Waals surface area contributed by atoms with Crippen LogP contribution in [0.2, 0.25) is 0 Å². The Bertz CT molecular complexity index is 1430. The Morgan fingerprint density at radius 2 is 2.02 bits per heavy atom. The summed E-state index contributed by atoms with van der Waals surface area (Å²) >= 11 is 0. The number of hydrogen-bond acceptors (Lipinski definition) is 8. The molecule has 0 saturated carbocycles. The van der Waals surface area contributed by atoms with Crippen LogP contribution in [-0.2, 0) is 13.0 Å². The summed E-state index contributed by atoms with van der Waals surface area (Å²) < 4.78 is 7.26. The summed E-state index contributed by atoms with van der Waals surface area (Å²) in [7, 11) is 1.67. The van der Waals surface area contributed by atoms with E-state index in [1.807, 2.05) is 41.0 Å². The lowest BCUT2D eigenvalue weighted by Crippen LogP contribution is -2.32. The lowest BCUT2D eigenvalue weighted by atomic mass is 9.94. The van der Waals surface area contributed by atoms with Crippen molar-refractivity contribution in [1.82, 2.24) is 14.9 Å². The molecular weight excluding hydrogens is 506 g/mol. The maximum absolute atomic E-state index is 12.5. The summed E-state index contributed by atoms with van der Waals surface area (Å²) in [6.45, 7) is 4.87. The molecule has 6 N–H and O–H groups in total. The van der Waals surface area contributed by atoms with Crippen molar-refractivity contribution in [3.63, 3.8) is 0 Å². The van der Waals surface area contributed by atoms with Crippen LogP contribution >= 0.6 is 0 Å². The number of rotatable bonds is 11. The molecular formula is C31H41N5O4. The number of nitrogens with zero attached hydrogens (tertiary/aromatic N) is 2. The maximum atomic E-state index is 12.5. The van der Waals surface area contributed by atoms with Crippen LogP contribution in [0, 0.1) is 6.92 Å². The highest BCUT2D eigenvalue weighted by Gasteiger charge is 2.26. The molecule has 2 aromatic carbocycles. The van der Waals surface area contributed by atoms with Crippen LogP contribution in [0.1, 0.15) is 40.9 Å². The number of aryl methyl sites for hydroxylation is 2. The number of hydrogen-bond donors (Lipinski definition) is 5. The first-order valence-corrected chi connectivity index (χ1v) is 14.0. The van der Waals surface area contributed by atoms with E-state index in [0.717, 1.165) is 70.3 Å². The van der Waals surface area contributed by atoms with Crippen molar-refractivity contribution in [1.29, 1.82) is 0 Å². The number of benzene rings is 2. The molecule has 214 valence electrons. The first-order valence-electron chi connectivity index (χ1n) is 14.0. The molecule has 0 fully saturated rings. The molecule has 0 amide bonds. The molecule has 1 aliphatic carbocycles. The number of methoxy groups -OCH3 is 1. The monoisotopic (exact) mass is 547 g/mol. The van der Waals surface area contributed by atoms with E-state index in [2.05, 4.69) is 28.6 Å². The lowest BCUT2D eigenvalue weighted by molar-refractivity contribution is 0.0956. The maximum Gasteiger partial charge on any atom is 0.179 e. The molecule has 1 atom stereocenters. The molecule has 1 unspecified atom stereocenters. The van der Waals surface area contributed by atoms with E-state index in [9.17, 15) is 9.90 Å². The molecule has 2 heterocycles. The molecule has 0 bridgehead atoms. The van der Waals surface area contributed by atoms with Gasteiger partial charge in [0.2, 0.25) is 0 Å². The number of carbonyl (C=O) groups excluding carboxylic acids is 1. The average Bonchev–Trinajstić information content (AvgIpc) is 3.27. The van der Waals surface area contributed by atoms with Gasteiger partial charge >= 0.3 is 0 Å². The minimum absolute atomic E-state index is 0.0479. The number of fused-ring (bicyclic) bond motifs is 4. The fourth-order valence-electron chi connectivity index (χ4n) is 5.21. The highest BCUT2D eigenvalue weighted by Crippen LogP contribution is 2.33. The number of nitrogens with two attached hydrogens (primary N) is 1. The fourth-order valence-corrected chi connectivity index (χ4v) is 5.21. The summed E-state index contributed by atoms with van der Waals surface area (Å²) in [4.78, 5) is 16.8. The van der Waals surface area contributed by atoms with Crippen molar-refractivity contribution in [2.75, 3.05) is 45.2 Å². The Labute approximate surface area is 235 Å². The second-order valence-corrected chi connectivity index (χ2v) is 10.1. The Balaban J connectivity index is 0.000000194. The molecule has 4 aromatic rings. The Kier molecular flexibility index (Phi) is 10.5. The number of aliphatic hydroxyl groups is 2. The summed E-state index contributed by atoms with van der Waals surface area (Å²) in [5, 5.41) is 27.6. The molecule has 9 nitrogen and oxygen atoms in total. The van der Waals surface area contributed by atoms with Crippen molar-refractivity contribution in [3.8, 4) is 5.75 Å². The number of anilines is 1. The van der Waals surface area contributed by atoms with Crippen LogP contribution in [0.3, 0.4) is 0 Å². The predicted molar refractivity (Wildman–Crippen MR) is 160 cm³/mol. The van der Waals surface area contributed by atoms with Crippen LogP contribution in [-0.4, -0.2) is 71.5 Å². The molecule has 40 heavy (non-hydrogen) atoms. The van der Waals surface area contributed by atoms with Gasteiger partial charge in [-0.3, -0.25) is 9.78 Å². The zero-order valence-corrected chi connectivity index (χ0v) is 23.4. The Morgan fingerprint density at radius 3 is 2.80 bits per heavy atom. The number of carbonyl (C=O) groups is 1. The summed E-state index contributed by atoms with van der Waals surface area (Å²) in [6.07, 6.45) is 4.54. The van der Waals surface area contributed by atoms with Gasteiger partial charge in [-0.1, -0.05) is 17.7 Å². The second kappa shape index (κ2) is 14.2. The van der Waals surface area contributed by atoms with Crippen LogP contribution < -0.4 is 21.1 Å². The number of ether oxygens (including phenoxy) is 1. The number of ketones is 1. The minimum Gasteiger partial charge on any atom is -0.497 e. The van der Waals surface area contributed by atoms with Crippen molar-refractivity contribution in [3.05, 3.63) is 65.5 Å². The van der Waals surface area contributed by atoms with Crippen molar-refractivity contribution in [2.24, 2.45) is 5.73 Å². The number of Topliss-reactive ketones (excluding diaryl/α,β-unsaturated/α-hetero) is 1. The third-order valence-corrected chi connectivity index (χ3v) is 7.09. The van der Waals surface area contributed by atoms with Gasteiger partial charge in [0, 0.05) is 54.6 Å². The summed E-state index contributed by atoms with van der Waals surface area (Å²) in [6, 6.07) is 14.1. The summed E-state index contributed by atoms with van der Waals surface area (Å²) in [5.74, 6) is 1.01. The topological polar surface area (TPSA) is 135 Å². The first-order chi connectivity index (χ1) is 19.5. The van der Waals surface area contributed by atoms with E-state index < -0.39 is 6.10 Å². The average molecular weight is 548 g/mol. The van der Waals surface area contributed by atoms with Crippen LogP contribution in [0.25, 0.3) is 21.8 Å². The van der Waals surface area contributed by atoms with E-state index in [-0.39, 0.29) is 12.4 Å². The highest BCUT2D eigenvalue weighted by molar-refractivity contribution is 6.04. The molecule has 5 rings (SSSR count). The van der Waals surface area contributed by atoms with Gasteiger partial charge in [-0.2, -0.15) is 0 Å². The van der Waals surface area contributed by atoms with Gasteiger partial charge in [-0.15, -0.1) is 0 Å². The number of aliphatic hydroxyl groups excluding tert-OH is 2. The molecule has 0 saturated heterocycles. The van der Waals surface area contributed by atoms with Crippen LogP contribution in [0.4, 0.5) is 5.69 Å². The van der Waals surface area contributed by atoms with E-state index in [1.54, 1.807) is 13.3 Å². The Morgan fingerprint density at radius 1 is 1.18 bits per heavy atom. The van der Waals surface area contributed by atoms with Gasteiger partial charge < -0.3 is 35.9 Å². The van der Waals surface area contributed by atoms with Crippen LogP contribution in [0.5, 0.6) is 5.75 Å². The fraction of sp³-hybridized carbons (Fsp3) is 0.419. The SMILES string of the molecule is COc1cc(NCCCN)c2ncccc2c1.Cc1ccc2c(c1)c1c(n2CC(O)CNCCO)C(=O)CCC1. The molecule has 0 radical (unpaired) electrons. The third-order valence-electron chi connectivity index (χ3n) is 7.09. The lowest BCUT2D eigenvalue weighted by Gasteiger charge is -2.18. The van der Waals surface area contributed by atoms with Gasteiger partial charge in [-0.25, -0.2) is 0 Å². The zero-order chi connectivity index (χ0) is 28.5. The molecule has 0 aliphatic heterocycles. The quantitative estimate of drug-likeness (QED) is 0.180. The number of nitrogens with one attached hydrogen (secondary N) is 2. The van der Waals surface area contributed by atoms with Gasteiger partial charge in [0.25, 0.3) is 0 Å². The largest absolute Gasteiger partial charge is 0.497 e. The van der Waals surface area contributed by atoms with E-state index in [4.69, 9.17) is 15.6 Å². The van der Waals surface area contributed by atoms with E-state index in [1.165, 1.54) is 5.56 Å². The minimum atomic E-state index is -0.600. The number of aromatic nitrogens is 2. The van der Waals surface area contributed by atoms with Gasteiger partial charge in [-0.05, 0) is 62.6 Å². The summed E-state index contributed by atoms with van der Waals surface area (Å²) in [5.41, 5.74) is 11.6. The molecule has 1 aliphatic rings. The van der Waals surface area contributed by atoms with Crippen LogP contribution in [0.15, 0.2) is 48.7 Å². The smallest absolute Gasteiger partial charge is 0.179 e. The van der Waals surface area contributed by atoms with Crippen molar-refractivity contribution >= 4 is 33.3 Å². The van der Waals surface area contributed by atoms with Gasteiger partial charge in [0.1, 0.15) is 5.75 Å². The van der Waals surface area contributed by atoms with Crippen molar-refractivity contribution < 1.29 is 19.7 Å². The molecule has 2 aromatic heterocycles. The Hall–Kier alpha value is -3.50. The van der Waals surface area contributed by atoms with E-state index in [0.29, 0.717) is 32.6 Å².